The first kappa shape index (κ1) is 17.8. The fourth-order valence-corrected chi connectivity index (χ4v) is 2.94. The molecule has 1 saturated heterocycles. The standard InChI is InChI=1S/C13H14Cl2N6O4/c1-5-3-21(13(24)17-9(5)23)8-2-6(7(4-22)25-8)16-12-19-10(14)18-11(15)20-12/h3,6-8,22H,2,4H2,1H3,(H,17,23,24)(H,16,18,19,20)/t6-,7+,8+/m0/s1. The van der Waals surface area contributed by atoms with Gasteiger partial charge >= 0.3 is 5.69 Å². The van der Waals surface area contributed by atoms with Crippen LogP contribution < -0.4 is 16.6 Å². The molecule has 25 heavy (non-hydrogen) atoms. The number of ether oxygens (including phenoxy) is 1. The lowest BCUT2D eigenvalue weighted by atomic mass is 10.1. The number of nitrogens with one attached hydrogen (secondary N) is 2. The predicted molar refractivity (Wildman–Crippen MR) is 88.9 cm³/mol. The fraction of sp³-hybridized carbons (Fsp3) is 0.462. The SMILES string of the molecule is Cc1cn([C@H]2C[C@H](Nc3nc(Cl)nc(Cl)n3)[C@@H](CO)O2)c(=O)[nH]c1=O. The quantitative estimate of drug-likeness (QED) is 0.670. The summed E-state index contributed by atoms with van der Waals surface area (Å²) >= 11 is 11.5. The number of hydrogen-bond acceptors (Lipinski definition) is 8. The molecule has 3 heterocycles. The van der Waals surface area contributed by atoms with Gasteiger partial charge in [0.25, 0.3) is 5.56 Å². The van der Waals surface area contributed by atoms with Crippen molar-refractivity contribution in [1.82, 2.24) is 24.5 Å². The lowest BCUT2D eigenvalue weighted by Gasteiger charge is -2.17. The highest BCUT2D eigenvalue weighted by Crippen LogP contribution is 2.29. The third kappa shape index (κ3) is 3.82. The lowest BCUT2D eigenvalue weighted by Crippen LogP contribution is -2.33. The van der Waals surface area contributed by atoms with Crippen LogP contribution >= 0.6 is 23.2 Å². The molecule has 2 aromatic rings. The van der Waals surface area contributed by atoms with E-state index in [9.17, 15) is 14.7 Å². The summed E-state index contributed by atoms with van der Waals surface area (Å²) in [4.78, 5) is 37.2. The maximum Gasteiger partial charge on any atom is 0.330 e. The molecule has 3 N–H and O–H groups in total. The highest BCUT2D eigenvalue weighted by atomic mass is 35.5. The number of aliphatic hydroxyl groups is 1. The first-order chi connectivity index (χ1) is 11.9. The Morgan fingerprint density at radius 2 is 2.04 bits per heavy atom. The number of aromatic nitrogens is 5. The molecule has 0 spiro atoms. The van der Waals surface area contributed by atoms with Crippen molar-refractivity contribution >= 4 is 29.2 Å². The Morgan fingerprint density at radius 1 is 1.36 bits per heavy atom. The van der Waals surface area contributed by atoms with Gasteiger partial charge in [0.15, 0.2) is 0 Å². The molecule has 3 atom stereocenters. The summed E-state index contributed by atoms with van der Waals surface area (Å²) in [5.74, 6) is 0.127. The van der Waals surface area contributed by atoms with Crippen molar-refractivity contribution in [3.05, 3.63) is 43.2 Å². The molecule has 0 bridgehead atoms. The van der Waals surface area contributed by atoms with Crippen LogP contribution in [0.2, 0.25) is 10.6 Å². The van der Waals surface area contributed by atoms with E-state index in [0.29, 0.717) is 12.0 Å². The molecule has 0 radical (unpaired) electrons. The highest BCUT2D eigenvalue weighted by Gasteiger charge is 2.37. The minimum Gasteiger partial charge on any atom is -0.394 e. The molecule has 0 aliphatic carbocycles. The van der Waals surface area contributed by atoms with Gasteiger partial charge in [-0.25, -0.2) is 4.79 Å². The van der Waals surface area contributed by atoms with E-state index in [1.54, 1.807) is 6.92 Å². The summed E-state index contributed by atoms with van der Waals surface area (Å²) in [7, 11) is 0. The molecule has 10 nitrogen and oxygen atoms in total. The van der Waals surface area contributed by atoms with E-state index in [1.165, 1.54) is 10.8 Å². The number of aromatic amines is 1. The van der Waals surface area contributed by atoms with Crippen LogP contribution in [0.25, 0.3) is 0 Å². The molecule has 1 aliphatic heterocycles. The van der Waals surface area contributed by atoms with Gasteiger partial charge in [-0.05, 0) is 30.1 Å². The first-order valence-corrected chi connectivity index (χ1v) is 8.05. The average molecular weight is 389 g/mol. The van der Waals surface area contributed by atoms with Gasteiger partial charge in [0.1, 0.15) is 12.3 Å². The van der Waals surface area contributed by atoms with E-state index < -0.39 is 29.6 Å². The van der Waals surface area contributed by atoms with Gasteiger partial charge in [-0.15, -0.1) is 0 Å². The van der Waals surface area contributed by atoms with Crippen molar-refractivity contribution in [3.8, 4) is 0 Å². The van der Waals surface area contributed by atoms with Crippen molar-refractivity contribution in [1.29, 1.82) is 0 Å². The largest absolute Gasteiger partial charge is 0.394 e. The Kier molecular flexibility index (Phi) is 5.04. The van der Waals surface area contributed by atoms with E-state index in [-0.39, 0.29) is 23.1 Å². The molecule has 3 rings (SSSR count). The highest BCUT2D eigenvalue weighted by molar-refractivity contribution is 6.31. The molecule has 0 aromatic carbocycles. The zero-order valence-electron chi connectivity index (χ0n) is 12.9. The van der Waals surface area contributed by atoms with Crippen LogP contribution in [0, 0.1) is 6.92 Å². The van der Waals surface area contributed by atoms with Gasteiger partial charge in [-0.3, -0.25) is 14.3 Å². The number of halogens is 2. The van der Waals surface area contributed by atoms with Crippen LogP contribution in [-0.2, 0) is 4.74 Å². The number of aliphatic hydroxyl groups excluding tert-OH is 1. The molecule has 0 saturated carbocycles. The Labute approximate surface area is 150 Å². The number of aryl methyl sites for hydroxylation is 1. The van der Waals surface area contributed by atoms with E-state index in [1.807, 2.05) is 0 Å². The summed E-state index contributed by atoms with van der Waals surface area (Å²) in [6.07, 6.45) is 0.431. The number of anilines is 1. The zero-order valence-corrected chi connectivity index (χ0v) is 14.5. The van der Waals surface area contributed by atoms with Crippen LogP contribution in [0.15, 0.2) is 15.8 Å². The smallest absolute Gasteiger partial charge is 0.330 e. The molecule has 0 unspecified atom stereocenters. The van der Waals surface area contributed by atoms with Gasteiger partial charge in [0.2, 0.25) is 16.5 Å². The minimum atomic E-state index is -0.675. The van der Waals surface area contributed by atoms with Crippen LogP contribution in [-0.4, -0.2) is 48.4 Å². The Bertz CT molecular complexity index is 881. The molecule has 1 fully saturated rings. The summed E-state index contributed by atoms with van der Waals surface area (Å²) in [6.45, 7) is 1.29. The van der Waals surface area contributed by atoms with E-state index in [0.717, 1.165) is 0 Å². The van der Waals surface area contributed by atoms with Crippen LogP contribution in [0.3, 0.4) is 0 Å². The molecule has 134 valence electrons. The maximum atomic E-state index is 12.0. The zero-order chi connectivity index (χ0) is 18.1. The average Bonchev–Trinajstić information content (AvgIpc) is 2.92. The first-order valence-electron chi connectivity index (χ1n) is 7.29. The lowest BCUT2D eigenvalue weighted by molar-refractivity contribution is -0.0262. The number of H-pyrrole nitrogens is 1. The third-order valence-electron chi connectivity index (χ3n) is 3.77. The summed E-state index contributed by atoms with van der Waals surface area (Å²) in [5.41, 5.74) is -0.678. The maximum absolute atomic E-state index is 12.0. The van der Waals surface area contributed by atoms with Gasteiger partial charge in [0.05, 0.1) is 12.6 Å². The topological polar surface area (TPSA) is 135 Å². The van der Waals surface area contributed by atoms with Gasteiger partial charge in [0, 0.05) is 18.2 Å². The van der Waals surface area contributed by atoms with Crippen LogP contribution in [0.1, 0.15) is 18.2 Å². The van der Waals surface area contributed by atoms with Crippen LogP contribution in [0.5, 0.6) is 0 Å². The second-order valence-electron chi connectivity index (χ2n) is 5.47. The fourth-order valence-electron chi connectivity index (χ4n) is 2.58. The molecular formula is C13H14Cl2N6O4. The van der Waals surface area contributed by atoms with E-state index >= 15 is 0 Å². The van der Waals surface area contributed by atoms with Crippen molar-refractivity contribution in [3.63, 3.8) is 0 Å². The van der Waals surface area contributed by atoms with Crippen molar-refractivity contribution in [2.24, 2.45) is 0 Å². The van der Waals surface area contributed by atoms with Crippen molar-refractivity contribution in [2.45, 2.75) is 31.7 Å². The predicted octanol–water partition coefficient (Wildman–Crippen LogP) is 0.0973. The monoisotopic (exact) mass is 388 g/mol. The Balaban J connectivity index is 1.84. The molecule has 0 amide bonds. The van der Waals surface area contributed by atoms with Gasteiger partial charge in [-0.1, -0.05) is 0 Å². The number of nitrogens with zero attached hydrogens (tertiary/aromatic N) is 4. The molecule has 12 heteroatoms. The summed E-state index contributed by atoms with van der Waals surface area (Å²) in [5, 5.41) is 12.4. The number of rotatable bonds is 4. The second-order valence-corrected chi connectivity index (χ2v) is 6.15. The molecular weight excluding hydrogens is 375 g/mol. The van der Waals surface area contributed by atoms with Crippen molar-refractivity contribution in [2.75, 3.05) is 11.9 Å². The van der Waals surface area contributed by atoms with Gasteiger partial charge < -0.3 is 15.2 Å². The summed E-state index contributed by atoms with van der Waals surface area (Å²) < 4.78 is 6.98. The third-order valence-corrected chi connectivity index (χ3v) is 4.11. The van der Waals surface area contributed by atoms with Crippen LogP contribution in [0.4, 0.5) is 5.95 Å². The van der Waals surface area contributed by atoms with Gasteiger partial charge in [-0.2, -0.15) is 15.0 Å². The molecule has 1 aliphatic rings. The van der Waals surface area contributed by atoms with E-state index in [4.69, 9.17) is 27.9 Å². The van der Waals surface area contributed by atoms with E-state index in [2.05, 4.69) is 25.3 Å². The molecule has 2 aromatic heterocycles. The Hall–Kier alpha value is -2.01. The minimum absolute atomic E-state index is 0.0778. The normalized spacial score (nSPS) is 23.0. The summed E-state index contributed by atoms with van der Waals surface area (Å²) in [6, 6.07) is -0.413. The number of hydrogen-bond donors (Lipinski definition) is 3. The second kappa shape index (κ2) is 7.08. The Morgan fingerprint density at radius 3 is 2.68 bits per heavy atom. The van der Waals surface area contributed by atoms with Crippen molar-refractivity contribution < 1.29 is 9.84 Å².